The highest BCUT2D eigenvalue weighted by molar-refractivity contribution is 4.79. The first-order valence-electron chi connectivity index (χ1n) is 6.91. The van der Waals surface area contributed by atoms with Gasteiger partial charge in [-0.05, 0) is 32.4 Å². The van der Waals surface area contributed by atoms with Crippen LogP contribution < -0.4 is 5.32 Å². The Morgan fingerprint density at radius 3 is 2.94 bits per heavy atom. The molecule has 0 saturated carbocycles. The summed E-state index contributed by atoms with van der Waals surface area (Å²) in [5.74, 6) is 0. The highest BCUT2D eigenvalue weighted by Gasteiger charge is 2.21. The molecule has 16 heavy (non-hydrogen) atoms. The van der Waals surface area contributed by atoms with Crippen LogP contribution >= 0.6 is 0 Å². The van der Waals surface area contributed by atoms with Crippen molar-refractivity contribution in [1.29, 1.82) is 0 Å². The fourth-order valence-corrected chi connectivity index (χ4v) is 2.30. The van der Waals surface area contributed by atoms with Gasteiger partial charge < -0.3 is 10.1 Å². The van der Waals surface area contributed by atoms with Gasteiger partial charge in [-0.3, -0.25) is 4.90 Å². The first-order chi connectivity index (χ1) is 7.88. The van der Waals surface area contributed by atoms with Gasteiger partial charge in [0.1, 0.15) is 0 Å². The Labute approximate surface area is 101 Å². The summed E-state index contributed by atoms with van der Waals surface area (Å²) < 4.78 is 5.52. The third-order valence-electron chi connectivity index (χ3n) is 3.35. The second-order valence-electron chi connectivity index (χ2n) is 4.59. The van der Waals surface area contributed by atoms with Crippen molar-refractivity contribution in [1.82, 2.24) is 10.2 Å². The molecule has 1 aliphatic rings. The van der Waals surface area contributed by atoms with Gasteiger partial charge in [-0.25, -0.2) is 0 Å². The third kappa shape index (κ3) is 5.28. The molecule has 1 fully saturated rings. The Morgan fingerprint density at radius 2 is 2.19 bits per heavy atom. The molecule has 1 aliphatic heterocycles. The number of ether oxygens (including phenoxy) is 1. The van der Waals surface area contributed by atoms with Gasteiger partial charge in [-0.2, -0.15) is 0 Å². The first-order valence-corrected chi connectivity index (χ1v) is 6.91. The van der Waals surface area contributed by atoms with Gasteiger partial charge in [0.05, 0.1) is 6.61 Å². The molecular formula is C13H28N2O. The van der Waals surface area contributed by atoms with Gasteiger partial charge in [0.2, 0.25) is 0 Å². The first kappa shape index (κ1) is 13.9. The fourth-order valence-electron chi connectivity index (χ4n) is 2.30. The van der Waals surface area contributed by atoms with Crippen molar-refractivity contribution in [3.63, 3.8) is 0 Å². The zero-order valence-corrected chi connectivity index (χ0v) is 11.0. The molecule has 1 N–H and O–H groups in total. The zero-order chi connectivity index (χ0) is 11.6. The summed E-state index contributed by atoms with van der Waals surface area (Å²) in [5, 5.41) is 3.50. The van der Waals surface area contributed by atoms with Crippen molar-refractivity contribution in [2.75, 3.05) is 39.4 Å². The van der Waals surface area contributed by atoms with Crippen LogP contribution in [0.15, 0.2) is 0 Å². The topological polar surface area (TPSA) is 24.5 Å². The van der Waals surface area contributed by atoms with Crippen LogP contribution in [0.5, 0.6) is 0 Å². The van der Waals surface area contributed by atoms with Crippen LogP contribution in [0.2, 0.25) is 0 Å². The molecular weight excluding hydrogens is 200 g/mol. The minimum atomic E-state index is 0.764. The Morgan fingerprint density at radius 1 is 1.31 bits per heavy atom. The van der Waals surface area contributed by atoms with E-state index in [-0.39, 0.29) is 0 Å². The standard InChI is InChI=1S/C13H28N2O/c1-3-5-10-16-11-8-14-12-13-7-6-9-15(13)4-2/h13-14H,3-12H2,1-2H3. The lowest BCUT2D eigenvalue weighted by atomic mass is 10.2. The maximum atomic E-state index is 5.52. The molecule has 0 radical (unpaired) electrons. The lowest BCUT2D eigenvalue weighted by Gasteiger charge is -2.22. The zero-order valence-electron chi connectivity index (χ0n) is 11.0. The molecule has 0 aliphatic carbocycles. The summed E-state index contributed by atoms with van der Waals surface area (Å²) in [7, 11) is 0. The van der Waals surface area contributed by atoms with E-state index in [1.54, 1.807) is 0 Å². The monoisotopic (exact) mass is 228 g/mol. The van der Waals surface area contributed by atoms with E-state index >= 15 is 0 Å². The molecule has 1 heterocycles. The predicted octanol–water partition coefficient (Wildman–Crippen LogP) is 1.88. The van der Waals surface area contributed by atoms with E-state index in [2.05, 4.69) is 24.1 Å². The molecule has 3 nitrogen and oxygen atoms in total. The summed E-state index contributed by atoms with van der Waals surface area (Å²) in [4.78, 5) is 2.57. The number of hydrogen-bond donors (Lipinski definition) is 1. The molecule has 1 atom stereocenters. The predicted molar refractivity (Wildman–Crippen MR) is 68.9 cm³/mol. The summed E-state index contributed by atoms with van der Waals surface area (Å²) >= 11 is 0. The van der Waals surface area contributed by atoms with E-state index in [1.165, 1.54) is 38.8 Å². The molecule has 1 saturated heterocycles. The molecule has 0 spiro atoms. The van der Waals surface area contributed by atoms with Gasteiger partial charge in [-0.15, -0.1) is 0 Å². The van der Waals surface area contributed by atoms with Crippen molar-refractivity contribution >= 4 is 0 Å². The Kier molecular flexibility index (Phi) is 7.81. The summed E-state index contributed by atoms with van der Waals surface area (Å²) in [5.41, 5.74) is 0. The summed E-state index contributed by atoms with van der Waals surface area (Å²) in [6.45, 7) is 10.8. The van der Waals surface area contributed by atoms with Crippen molar-refractivity contribution in [2.45, 2.75) is 45.6 Å². The molecule has 0 bridgehead atoms. The van der Waals surface area contributed by atoms with Gasteiger partial charge in [-0.1, -0.05) is 20.3 Å². The third-order valence-corrected chi connectivity index (χ3v) is 3.35. The van der Waals surface area contributed by atoms with Gasteiger partial charge in [0, 0.05) is 25.7 Å². The smallest absolute Gasteiger partial charge is 0.0590 e. The molecule has 3 heteroatoms. The average molecular weight is 228 g/mol. The van der Waals surface area contributed by atoms with Crippen LogP contribution in [0.1, 0.15) is 39.5 Å². The highest BCUT2D eigenvalue weighted by Crippen LogP contribution is 2.15. The second kappa shape index (κ2) is 8.97. The Bertz CT molecular complexity index is 164. The fraction of sp³-hybridized carbons (Fsp3) is 1.00. The summed E-state index contributed by atoms with van der Waals surface area (Å²) in [6, 6.07) is 0.764. The molecule has 1 unspecified atom stereocenters. The van der Waals surface area contributed by atoms with Gasteiger partial charge >= 0.3 is 0 Å². The number of rotatable bonds is 9. The molecule has 1 rings (SSSR count). The number of nitrogens with zero attached hydrogens (tertiary/aromatic N) is 1. The van der Waals surface area contributed by atoms with Crippen LogP contribution in [0.4, 0.5) is 0 Å². The van der Waals surface area contributed by atoms with Gasteiger partial charge in [0.25, 0.3) is 0 Å². The quantitative estimate of drug-likeness (QED) is 0.610. The molecule has 0 aromatic heterocycles. The minimum Gasteiger partial charge on any atom is -0.380 e. The molecule has 96 valence electrons. The maximum absolute atomic E-state index is 5.52. The summed E-state index contributed by atoms with van der Waals surface area (Å²) in [6.07, 6.45) is 5.14. The van der Waals surface area contributed by atoms with Gasteiger partial charge in [0.15, 0.2) is 0 Å². The number of hydrogen-bond acceptors (Lipinski definition) is 3. The van der Waals surface area contributed by atoms with E-state index in [0.29, 0.717) is 0 Å². The Balaban J connectivity index is 1.90. The van der Waals surface area contributed by atoms with E-state index < -0.39 is 0 Å². The lowest BCUT2D eigenvalue weighted by molar-refractivity contribution is 0.131. The normalized spacial score (nSPS) is 21.8. The minimum absolute atomic E-state index is 0.764. The number of likely N-dealkylation sites (N-methyl/N-ethyl adjacent to an activating group) is 1. The SMILES string of the molecule is CCCCOCCNCC1CCCN1CC. The van der Waals surface area contributed by atoms with E-state index in [4.69, 9.17) is 4.74 Å². The van der Waals surface area contributed by atoms with Crippen molar-refractivity contribution in [3.05, 3.63) is 0 Å². The lowest BCUT2D eigenvalue weighted by Crippen LogP contribution is -2.38. The average Bonchev–Trinajstić information content (AvgIpc) is 2.75. The number of nitrogens with one attached hydrogen (secondary N) is 1. The van der Waals surface area contributed by atoms with E-state index in [1.807, 2.05) is 0 Å². The van der Waals surface area contributed by atoms with E-state index in [0.717, 1.165) is 32.3 Å². The largest absolute Gasteiger partial charge is 0.380 e. The van der Waals surface area contributed by atoms with Crippen LogP contribution in [-0.2, 0) is 4.74 Å². The second-order valence-corrected chi connectivity index (χ2v) is 4.59. The Hall–Kier alpha value is -0.120. The van der Waals surface area contributed by atoms with Crippen LogP contribution in [-0.4, -0.2) is 50.3 Å². The molecule has 0 aromatic carbocycles. The number of likely N-dealkylation sites (tertiary alicyclic amines) is 1. The molecule has 0 aromatic rings. The van der Waals surface area contributed by atoms with Crippen molar-refractivity contribution < 1.29 is 4.74 Å². The number of unbranched alkanes of at least 4 members (excludes halogenated alkanes) is 1. The van der Waals surface area contributed by atoms with Crippen LogP contribution in [0, 0.1) is 0 Å². The van der Waals surface area contributed by atoms with Crippen molar-refractivity contribution in [3.8, 4) is 0 Å². The van der Waals surface area contributed by atoms with Crippen LogP contribution in [0.25, 0.3) is 0 Å². The maximum Gasteiger partial charge on any atom is 0.0590 e. The molecule has 0 amide bonds. The highest BCUT2D eigenvalue weighted by atomic mass is 16.5. The van der Waals surface area contributed by atoms with E-state index in [9.17, 15) is 0 Å². The van der Waals surface area contributed by atoms with Crippen molar-refractivity contribution in [2.24, 2.45) is 0 Å². The van der Waals surface area contributed by atoms with Crippen LogP contribution in [0.3, 0.4) is 0 Å².